The molecule has 76 valence electrons. The minimum Gasteiger partial charge on any atom is -0.597 e. The first-order valence-corrected chi connectivity index (χ1v) is 4.09. The van der Waals surface area contributed by atoms with E-state index in [-0.39, 0.29) is 18.1 Å². The van der Waals surface area contributed by atoms with Crippen LogP contribution >= 0.6 is 0 Å². The highest BCUT2D eigenvalue weighted by Gasteiger charge is 2.23. The van der Waals surface area contributed by atoms with Gasteiger partial charge in [0, 0.05) is 6.92 Å². The highest BCUT2D eigenvalue weighted by Crippen LogP contribution is 1.95. The lowest BCUT2D eigenvalue weighted by molar-refractivity contribution is -0.579. The van der Waals surface area contributed by atoms with Gasteiger partial charge in [0.1, 0.15) is 6.61 Å². The normalized spacial score (nSPS) is 13.6. The van der Waals surface area contributed by atoms with Crippen LogP contribution < -0.4 is 0 Å². The van der Waals surface area contributed by atoms with Gasteiger partial charge in [-0.3, -0.25) is 0 Å². The van der Waals surface area contributed by atoms with Crippen LogP contribution in [0.2, 0.25) is 0 Å². The van der Waals surface area contributed by atoms with E-state index < -0.39 is 12.0 Å². The summed E-state index contributed by atoms with van der Waals surface area (Å²) < 4.78 is 4.61. The Kier molecular flexibility index (Phi) is 5.58. The second-order valence-electron chi connectivity index (χ2n) is 2.23. The third kappa shape index (κ3) is 4.29. The van der Waals surface area contributed by atoms with Crippen LogP contribution in [0.3, 0.4) is 0 Å². The van der Waals surface area contributed by atoms with Crippen molar-refractivity contribution in [3.05, 3.63) is 5.21 Å². The molecule has 0 saturated heterocycles. The van der Waals surface area contributed by atoms with E-state index in [0.29, 0.717) is 0 Å². The quantitative estimate of drug-likeness (QED) is 0.279. The van der Waals surface area contributed by atoms with Crippen molar-refractivity contribution in [2.24, 2.45) is 5.28 Å². The maximum absolute atomic E-state index is 11.0. The Morgan fingerprint density at radius 2 is 2.15 bits per heavy atom. The molecule has 1 atom stereocenters. The van der Waals surface area contributed by atoms with Crippen molar-refractivity contribution in [3.63, 3.8) is 0 Å². The highest BCUT2D eigenvalue weighted by molar-refractivity contribution is 5.73. The molecule has 0 aromatic rings. The maximum atomic E-state index is 11.0. The Morgan fingerprint density at radius 1 is 1.54 bits per heavy atom. The van der Waals surface area contributed by atoms with E-state index in [2.05, 4.69) is 14.9 Å². The molecule has 0 aliphatic heterocycles. The van der Waals surface area contributed by atoms with Gasteiger partial charge < -0.3 is 14.8 Å². The molecule has 13 heavy (non-hydrogen) atoms. The van der Waals surface area contributed by atoms with Crippen LogP contribution in [-0.2, 0) is 14.4 Å². The molecule has 0 aromatic carbocycles. The lowest BCUT2D eigenvalue weighted by atomic mass is 10.4. The van der Waals surface area contributed by atoms with Gasteiger partial charge in [0.15, 0.2) is 0 Å². The molecule has 0 amide bonds. The fourth-order valence-corrected chi connectivity index (χ4v) is 0.538. The van der Waals surface area contributed by atoms with Crippen molar-refractivity contribution < 1.29 is 19.2 Å². The molecule has 0 saturated carbocycles. The van der Waals surface area contributed by atoms with E-state index in [1.807, 2.05) is 0 Å². The van der Waals surface area contributed by atoms with E-state index in [1.54, 1.807) is 13.8 Å². The fourth-order valence-electron chi connectivity index (χ4n) is 0.538. The highest BCUT2D eigenvalue weighted by atomic mass is 16.7. The number of hydroxylamine groups is 1. The Balaban J connectivity index is 4.07. The standard InChI is InChI=1S/C7H14N2O4/c1-4-12-7(10)6(3)9(11)8-13-5-2/h6H,4-5H2,1-3H3/b9-8+. The summed E-state index contributed by atoms with van der Waals surface area (Å²) in [4.78, 5) is 15.6. The molecule has 0 heterocycles. The Labute approximate surface area is 76.7 Å². The number of ether oxygens (including phenoxy) is 1. The van der Waals surface area contributed by atoms with Gasteiger partial charge in [-0.05, 0) is 18.7 Å². The van der Waals surface area contributed by atoms with Crippen molar-refractivity contribution in [2.75, 3.05) is 13.2 Å². The topological polar surface area (TPSA) is 74.0 Å². The monoisotopic (exact) mass is 190 g/mol. The number of hydrogen-bond acceptors (Lipinski definition) is 5. The van der Waals surface area contributed by atoms with Gasteiger partial charge >= 0.3 is 5.97 Å². The van der Waals surface area contributed by atoms with E-state index in [9.17, 15) is 10.0 Å². The molecule has 0 aliphatic rings. The van der Waals surface area contributed by atoms with Crippen LogP contribution in [0.1, 0.15) is 20.8 Å². The lowest BCUT2D eigenvalue weighted by Gasteiger charge is -2.06. The van der Waals surface area contributed by atoms with Gasteiger partial charge in [-0.1, -0.05) is 0 Å². The SMILES string of the molecule is CCO/N=[N+](/[O-])C(C)C(=O)OCC. The molecule has 0 bridgehead atoms. The zero-order valence-electron chi connectivity index (χ0n) is 8.02. The predicted molar refractivity (Wildman–Crippen MR) is 43.8 cm³/mol. The maximum Gasteiger partial charge on any atom is 0.379 e. The van der Waals surface area contributed by atoms with E-state index in [1.165, 1.54) is 6.92 Å². The predicted octanol–water partition coefficient (Wildman–Crippen LogP) is 0.852. The molecule has 1 unspecified atom stereocenters. The fraction of sp³-hybridized carbons (Fsp3) is 0.857. The average molecular weight is 190 g/mol. The number of rotatable bonds is 5. The van der Waals surface area contributed by atoms with Gasteiger partial charge in [0.2, 0.25) is 5.28 Å². The largest absolute Gasteiger partial charge is 0.597 e. The summed E-state index contributed by atoms with van der Waals surface area (Å²) in [7, 11) is 0. The molecular weight excluding hydrogens is 176 g/mol. The summed E-state index contributed by atoms with van der Waals surface area (Å²) in [5, 5.41) is 14.1. The number of carbonyl (C=O) groups excluding carboxylic acids is 1. The van der Waals surface area contributed by atoms with Gasteiger partial charge in [-0.2, -0.15) is 0 Å². The number of esters is 1. The van der Waals surface area contributed by atoms with Crippen LogP contribution in [0.4, 0.5) is 0 Å². The molecule has 0 N–H and O–H groups in total. The minimum atomic E-state index is -0.966. The summed E-state index contributed by atoms with van der Waals surface area (Å²) in [5.41, 5.74) is 0. The van der Waals surface area contributed by atoms with E-state index >= 15 is 0 Å². The summed E-state index contributed by atoms with van der Waals surface area (Å²) in [6.45, 7) is 5.28. The first kappa shape index (κ1) is 11.7. The third-order valence-corrected chi connectivity index (χ3v) is 1.23. The van der Waals surface area contributed by atoms with E-state index in [4.69, 9.17) is 0 Å². The zero-order valence-corrected chi connectivity index (χ0v) is 8.02. The van der Waals surface area contributed by atoms with Crippen LogP contribution in [-0.4, -0.2) is 30.1 Å². The molecule has 6 nitrogen and oxygen atoms in total. The van der Waals surface area contributed by atoms with Crippen molar-refractivity contribution in [3.8, 4) is 0 Å². The van der Waals surface area contributed by atoms with Crippen LogP contribution in [0, 0.1) is 5.21 Å². The Morgan fingerprint density at radius 3 is 2.62 bits per heavy atom. The summed E-state index contributed by atoms with van der Waals surface area (Å²) in [5.74, 6) is -0.610. The van der Waals surface area contributed by atoms with Crippen molar-refractivity contribution in [1.82, 2.24) is 0 Å². The number of nitrogens with zero attached hydrogens (tertiary/aromatic N) is 2. The molecule has 0 aromatic heterocycles. The molecule has 0 fully saturated rings. The molecular formula is C7H14N2O4. The first-order chi connectivity index (χ1) is 6.13. The van der Waals surface area contributed by atoms with Gasteiger partial charge in [0.05, 0.1) is 6.61 Å². The smallest absolute Gasteiger partial charge is 0.379 e. The second-order valence-corrected chi connectivity index (χ2v) is 2.23. The summed E-state index contributed by atoms with van der Waals surface area (Å²) in [6.07, 6.45) is 0. The summed E-state index contributed by atoms with van der Waals surface area (Å²) in [6, 6.07) is -0.966. The molecule has 0 spiro atoms. The van der Waals surface area contributed by atoms with Crippen molar-refractivity contribution in [1.29, 1.82) is 0 Å². The molecule has 0 radical (unpaired) electrons. The lowest BCUT2D eigenvalue weighted by Crippen LogP contribution is -2.28. The summed E-state index contributed by atoms with van der Waals surface area (Å²) >= 11 is 0. The molecule has 0 aliphatic carbocycles. The van der Waals surface area contributed by atoms with Crippen LogP contribution in [0.5, 0.6) is 0 Å². The zero-order chi connectivity index (χ0) is 10.3. The first-order valence-electron chi connectivity index (χ1n) is 4.09. The molecule has 6 heteroatoms. The average Bonchev–Trinajstić information content (AvgIpc) is 2.13. The Hall–Kier alpha value is -1.33. The van der Waals surface area contributed by atoms with Crippen LogP contribution in [0.15, 0.2) is 5.28 Å². The van der Waals surface area contributed by atoms with Crippen LogP contribution in [0.25, 0.3) is 0 Å². The third-order valence-electron chi connectivity index (χ3n) is 1.23. The van der Waals surface area contributed by atoms with Gasteiger partial charge in [-0.25, -0.2) is 4.79 Å². The number of carbonyl (C=O) groups is 1. The van der Waals surface area contributed by atoms with Gasteiger partial charge in [0.25, 0.3) is 6.04 Å². The number of hydrogen-bond donors (Lipinski definition) is 0. The minimum absolute atomic E-state index is 0.182. The molecule has 0 rings (SSSR count). The second kappa shape index (κ2) is 6.22. The van der Waals surface area contributed by atoms with Crippen molar-refractivity contribution >= 4 is 5.97 Å². The van der Waals surface area contributed by atoms with Crippen molar-refractivity contribution in [2.45, 2.75) is 26.8 Å². The Bertz CT molecular complexity index is 193. The van der Waals surface area contributed by atoms with E-state index in [0.717, 1.165) is 0 Å². The van der Waals surface area contributed by atoms with Gasteiger partial charge in [-0.15, -0.1) is 0 Å².